The molecule has 0 bridgehead atoms. The fraction of sp³-hybridized carbons (Fsp3) is 0.147. The number of amidine groups is 1. The third kappa shape index (κ3) is 4.42. The number of fused-ring (bicyclic) bond motifs is 4. The Balaban J connectivity index is 1.35. The quantitative estimate of drug-likeness (QED) is 0.221. The van der Waals surface area contributed by atoms with Crippen molar-refractivity contribution in [3.63, 3.8) is 0 Å². The molecule has 1 N–H and O–H groups in total. The van der Waals surface area contributed by atoms with Gasteiger partial charge < -0.3 is 10.2 Å². The van der Waals surface area contributed by atoms with Gasteiger partial charge >= 0.3 is 0 Å². The fourth-order valence-corrected chi connectivity index (χ4v) is 7.35. The van der Waals surface area contributed by atoms with Crippen molar-refractivity contribution in [2.24, 2.45) is 4.99 Å². The van der Waals surface area contributed by atoms with E-state index in [0.29, 0.717) is 33.8 Å². The molecule has 0 fully saturated rings. The molecule has 4 aromatic carbocycles. The van der Waals surface area contributed by atoms with Gasteiger partial charge in [-0.15, -0.1) is 0 Å². The number of benzene rings is 4. The molecule has 5 aromatic rings. The zero-order chi connectivity index (χ0) is 30.7. The molecule has 220 valence electrons. The summed E-state index contributed by atoms with van der Waals surface area (Å²) in [7, 11) is -3.73. The number of amides is 1. The highest BCUT2D eigenvalue weighted by molar-refractivity contribution is 7.91. The number of nitrogens with one attached hydrogen (secondary N) is 1. The van der Waals surface area contributed by atoms with E-state index in [0.717, 1.165) is 22.4 Å². The molecule has 8 nitrogen and oxygen atoms in total. The normalized spacial score (nSPS) is 15.8. The van der Waals surface area contributed by atoms with E-state index >= 15 is 0 Å². The van der Waals surface area contributed by atoms with Gasteiger partial charge in [-0.1, -0.05) is 67.9 Å². The van der Waals surface area contributed by atoms with Gasteiger partial charge in [0.05, 0.1) is 38.6 Å². The fourth-order valence-electron chi connectivity index (χ4n) is 5.85. The van der Waals surface area contributed by atoms with Crippen LogP contribution in [0.1, 0.15) is 48.2 Å². The predicted octanol–water partition coefficient (Wildman–Crippen LogP) is 7.38. The number of halogens is 1. The minimum atomic E-state index is -3.73. The van der Waals surface area contributed by atoms with Crippen molar-refractivity contribution in [2.45, 2.75) is 42.5 Å². The number of carbonyl (C=O) groups is 1. The summed E-state index contributed by atoms with van der Waals surface area (Å²) in [5, 5.41) is 8.34. The summed E-state index contributed by atoms with van der Waals surface area (Å²) < 4.78 is 28.5. The molecule has 0 aliphatic carbocycles. The van der Waals surface area contributed by atoms with E-state index in [2.05, 4.69) is 19.2 Å². The van der Waals surface area contributed by atoms with Crippen LogP contribution >= 0.6 is 11.6 Å². The van der Waals surface area contributed by atoms with Gasteiger partial charge in [0, 0.05) is 10.6 Å². The number of rotatable bonds is 5. The third-order valence-electron chi connectivity index (χ3n) is 8.12. The molecule has 0 spiro atoms. The number of hydrogen-bond acceptors (Lipinski definition) is 6. The van der Waals surface area contributed by atoms with Crippen molar-refractivity contribution < 1.29 is 13.2 Å². The molecule has 2 aliphatic rings. The van der Waals surface area contributed by atoms with Crippen molar-refractivity contribution in [1.82, 2.24) is 9.78 Å². The van der Waals surface area contributed by atoms with E-state index in [1.807, 2.05) is 72.5 Å². The average molecular weight is 622 g/mol. The van der Waals surface area contributed by atoms with Crippen LogP contribution < -0.4 is 10.2 Å². The van der Waals surface area contributed by atoms with E-state index in [4.69, 9.17) is 21.7 Å². The lowest BCUT2D eigenvalue weighted by atomic mass is 9.93. The van der Waals surface area contributed by atoms with E-state index in [9.17, 15) is 13.2 Å². The molecule has 3 heterocycles. The molecular formula is C34H28ClN5O3S. The van der Waals surface area contributed by atoms with Crippen LogP contribution in [0.5, 0.6) is 0 Å². The Bertz CT molecular complexity index is 2080. The Labute approximate surface area is 260 Å². The Morgan fingerprint density at radius 1 is 0.864 bits per heavy atom. The number of aryl methyl sites for hydroxylation is 1. The first-order chi connectivity index (χ1) is 21.1. The summed E-state index contributed by atoms with van der Waals surface area (Å²) in [4.78, 5) is 20.6. The number of nitrogens with zero attached hydrogens (tertiary/aromatic N) is 4. The van der Waals surface area contributed by atoms with E-state index in [-0.39, 0.29) is 21.5 Å². The van der Waals surface area contributed by atoms with Crippen molar-refractivity contribution in [2.75, 3.05) is 10.2 Å². The van der Waals surface area contributed by atoms with Crippen LogP contribution in [0.2, 0.25) is 5.02 Å². The maximum absolute atomic E-state index is 13.5. The van der Waals surface area contributed by atoms with Crippen LogP contribution in [-0.2, 0) is 14.6 Å². The number of aliphatic imine (C=N–C) groups is 1. The largest absolute Gasteiger partial charge is 0.317 e. The average Bonchev–Trinajstić information content (AvgIpc) is 3.36. The van der Waals surface area contributed by atoms with Crippen LogP contribution in [0.15, 0.2) is 112 Å². The Morgan fingerprint density at radius 2 is 1.50 bits per heavy atom. The topological polar surface area (TPSA) is 96.7 Å². The second kappa shape index (κ2) is 10.5. The van der Waals surface area contributed by atoms with Gasteiger partial charge in [0.2, 0.25) is 15.7 Å². The summed E-state index contributed by atoms with van der Waals surface area (Å²) in [6.45, 7) is 6.03. The molecule has 1 unspecified atom stereocenters. The van der Waals surface area contributed by atoms with Crippen molar-refractivity contribution in [1.29, 1.82) is 0 Å². The van der Waals surface area contributed by atoms with Gasteiger partial charge in [-0.25, -0.2) is 18.1 Å². The first-order valence-electron chi connectivity index (χ1n) is 14.2. The van der Waals surface area contributed by atoms with Gasteiger partial charge in [0.1, 0.15) is 0 Å². The summed E-state index contributed by atoms with van der Waals surface area (Å²) >= 11 is 6.78. The Morgan fingerprint density at radius 3 is 2.18 bits per heavy atom. The molecule has 10 heteroatoms. The monoisotopic (exact) mass is 621 g/mol. The van der Waals surface area contributed by atoms with E-state index < -0.39 is 15.9 Å². The Hall–Kier alpha value is -4.73. The van der Waals surface area contributed by atoms with Gasteiger partial charge in [-0.05, 0) is 78.6 Å². The van der Waals surface area contributed by atoms with Crippen LogP contribution in [0.3, 0.4) is 0 Å². The third-order valence-corrected chi connectivity index (χ3v) is 10.2. The number of anilines is 2. The van der Waals surface area contributed by atoms with Crippen molar-refractivity contribution in [3.8, 4) is 5.69 Å². The number of carbonyl (C=O) groups excluding carboxylic acids is 1. The first-order valence-corrected chi connectivity index (χ1v) is 16.1. The molecule has 44 heavy (non-hydrogen) atoms. The van der Waals surface area contributed by atoms with Crippen molar-refractivity contribution >= 4 is 50.4 Å². The molecule has 1 atom stereocenters. The number of hydrogen-bond donors (Lipinski definition) is 1. The SMILES string of the molecule is Cc1nn(-c2ccc(S(=O)(=O)c3ccc(C(C)C)cc3)cc2)c2c1C(c1ccccc1Cl)N1C(=N2)C(=O)Nc2ccccc21. The van der Waals surface area contributed by atoms with Gasteiger partial charge in [-0.3, -0.25) is 4.79 Å². The summed E-state index contributed by atoms with van der Waals surface area (Å²) in [5.74, 6) is 0.651. The van der Waals surface area contributed by atoms with E-state index in [1.165, 1.54) is 0 Å². The molecule has 0 saturated heterocycles. The highest BCUT2D eigenvalue weighted by Crippen LogP contribution is 2.48. The lowest BCUT2D eigenvalue weighted by molar-refractivity contribution is -0.110. The first kappa shape index (κ1) is 28.1. The number of sulfone groups is 1. The minimum Gasteiger partial charge on any atom is -0.317 e. The zero-order valence-electron chi connectivity index (χ0n) is 24.2. The number of aromatic nitrogens is 2. The lowest BCUT2D eigenvalue weighted by Crippen LogP contribution is -2.48. The lowest BCUT2D eigenvalue weighted by Gasteiger charge is -2.40. The van der Waals surface area contributed by atoms with Crippen molar-refractivity contribution in [3.05, 3.63) is 124 Å². The maximum Gasteiger partial charge on any atom is 0.291 e. The minimum absolute atomic E-state index is 0.172. The van der Waals surface area contributed by atoms with Gasteiger partial charge in [0.15, 0.2) is 5.82 Å². The van der Waals surface area contributed by atoms with Crippen LogP contribution in [0.25, 0.3) is 5.69 Å². The Kier molecular flexibility index (Phi) is 6.68. The predicted molar refractivity (Wildman–Crippen MR) is 172 cm³/mol. The van der Waals surface area contributed by atoms with Gasteiger partial charge in [-0.2, -0.15) is 5.10 Å². The maximum atomic E-state index is 13.5. The molecule has 7 rings (SSSR count). The zero-order valence-corrected chi connectivity index (χ0v) is 25.8. The van der Waals surface area contributed by atoms with Crippen LogP contribution in [-0.4, -0.2) is 29.9 Å². The van der Waals surface area contributed by atoms with Gasteiger partial charge in [0.25, 0.3) is 5.91 Å². The molecule has 1 aromatic heterocycles. The molecular weight excluding hydrogens is 594 g/mol. The van der Waals surface area contributed by atoms with E-state index in [1.54, 1.807) is 41.1 Å². The summed E-state index contributed by atoms with van der Waals surface area (Å²) in [6, 6.07) is 28.2. The number of para-hydroxylation sites is 2. The smallest absolute Gasteiger partial charge is 0.291 e. The highest BCUT2D eigenvalue weighted by atomic mass is 35.5. The summed E-state index contributed by atoms with van der Waals surface area (Å²) in [5.41, 5.74) is 5.47. The van der Waals surface area contributed by atoms with Crippen LogP contribution in [0.4, 0.5) is 17.2 Å². The second-order valence-corrected chi connectivity index (χ2v) is 13.5. The molecule has 0 radical (unpaired) electrons. The standard InChI is InChI=1S/C34H28ClN5O3S/c1-20(2)22-12-16-24(17-13-22)44(42,43)25-18-14-23(15-19-25)40-32-30(21(3)38-40)31(26-8-4-5-9-27(26)35)39-29-11-7-6-10-28(29)36-34(41)33(39)37-32/h4-20,31H,1-3H3,(H,36,41). The molecule has 2 aliphatic heterocycles. The highest BCUT2D eigenvalue weighted by Gasteiger charge is 2.43. The second-order valence-electron chi connectivity index (χ2n) is 11.2. The van der Waals surface area contributed by atoms with Crippen LogP contribution in [0, 0.1) is 6.92 Å². The summed E-state index contributed by atoms with van der Waals surface area (Å²) in [6.07, 6.45) is 0. The molecule has 0 saturated carbocycles. The molecule has 1 amide bonds.